The smallest absolute Gasteiger partial charge is 0.461 e. The van der Waals surface area contributed by atoms with Gasteiger partial charge in [0.2, 0.25) is 0 Å². The molecule has 2 aromatic carbocycles. The molecule has 0 saturated carbocycles. The summed E-state index contributed by atoms with van der Waals surface area (Å²) in [6, 6.07) is 11.2. The van der Waals surface area contributed by atoms with E-state index in [-0.39, 0.29) is 19.1 Å². The maximum Gasteiger partial charge on any atom is 0.461 e. The number of nitrogens with one attached hydrogen (secondary N) is 1. The van der Waals surface area contributed by atoms with E-state index in [0.717, 1.165) is 24.1 Å². The lowest BCUT2D eigenvalue weighted by atomic mass is 9.95. The van der Waals surface area contributed by atoms with E-state index >= 15 is 0 Å². The van der Waals surface area contributed by atoms with E-state index in [1.807, 2.05) is 25.1 Å². The van der Waals surface area contributed by atoms with Gasteiger partial charge in [-0.15, -0.1) is 0 Å². The van der Waals surface area contributed by atoms with Crippen molar-refractivity contribution < 1.29 is 41.7 Å². The van der Waals surface area contributed by atoms with Crippen molar-refractivity contribution in [2.45, 2.75) is 50.7 Å². The summed E-state index contributed by atoms with van der Waals surface area (Å²) < 4.78 is 67.1. The number of anilines is 3. The van der Waals surface area contributed by atoms with Gasteiger partial charge in [-0.1, -0.05) is 12.1 Å². The highest BCUT2D eigenvalue weighted by molar-refractivity contribution is 5.77. The Morgan fingerprint density at radius 1 is 1.22 bits per heavy atom. The third-order valence-electron chi connectivity index (χ3n) is 6.18. The van der Waals surface area contributed by atoms with Crippen molar-refractivity contribution in [3.8, 4) is 5.75 Å². The highest BCUT2D eigenvalue weighted by Crippen LogP contribution is 2.37. The zero-order valence-corrected chi connectivity index (χ0v) is 20.8. The molecule has 11 heteroatoms. The lowest BCUT2D eigenvalue weighted by Gasteiger charge is -2.37. The molecule has 0 aliphatic carbocycles. The number of carbonyl (C=O) groups is 1. The summed E-state index contributed by atoms with van der Waals surface area (Å²) in [5.41, 5.74) is 2.49. The Morgan fingerprint density at radius 2 is 1.95 bits per heavy atom. The van der Waals surface area contributed by atoms with Crippen LogP contribution in [0.3, 0.4) is 0 Å². The van der Waals surface area contributed by atoms with Crippen LogP contribution in [0.1, 0.15) is 37.7 Å². The number of alkyl halides is 4. The SMILES string of the molecule is CCN(c1ccc([C@@H](COC)CC(=O)O)cc1Nc1cccc(OC(F)(F)C(F)F)c1)C1CCOCC1. The number of benzene rings is 2. The minimum atomic E-state index is -4.63. The van der Waals surface area contributed by atoms with Gasteiger partial charge in [0, 0.05) is 50.6 Å². The van der Waals surface area contributed by atoms with Crippen LogP contribution < -0.4 is 15.0 Å². The number of ether oxygens (including phenoxy) is 3. The number of carboxylic acid groups (broad SMARTS) is 1. The first-order chi connectivity index (χ1) is 17.6. The Bertz CT molecular complexity index is 1030. The lowest BCUT2D eigenvalue weighted by molar-refractivity contribution is -0.253. The van der Waals surface area contributed by atoms with Crippen molar-refractivity contribution in [2.75, 3.05) is 43.7 Å². The predicted octanol–water partition coefficient (Wildman–Crippen LogP) is 5.88. The Balaban J connectivity index is 2.00. The molecule has 1 fully saturated rings. The van der Waals surface area contributed by atoms with Gasteiger partial charge in [-0.25, -0.2) is 0 Å². The van der Waals surface area contributed by atoms with Crippen LogP contribution in [0.5, 0.6) is 5.75 Å². The summed E-state index contributed by atoms with van der Waals surface area (Å²) in [5.74, 6) is -1.81. The topological polar surface area (TPSA) is 80.3 Å². The van der Waals surface area contributed by atoms with Gasteiger partial charge in [-0.05, 0) is 49.6 Å². The Labute approximate surface area is 213 Å². The summed E-state index contributed by atoms with van der Waals surface area (Å²) in [4.78, 5) is 13.7. The van der Waals surface area contributed by atoms with Crippen LogP contribution in [0.4, 0.5) is 34.6 Å². The fourth-order valence-electron chi connectivity index (χ4n) is 4.46. The normalized spacial score (nSPS) is 15.4. The maximum absolute atomic E-state index is 13.5. The molecule has 0 amide bonds. The van der Waals surface area contributed by atoms with Gasteiger partial charge < -0.3 is 29.5 Å². The molecule has 1 atom stereocenters. The molecular formula is C26H32F4N2O5. The molecule has 37 heavy (non-hydrogen) atoms. The zero-order valence-electron chi connectivity index (χ0n) is 20.8. The molecule has 0 unspecified atom stereocenters. The fourth-order valence-corrected chi connectivity index (χ4v) is 4.46. The molecule has 1 aliphatic rings. The number of hydrogen-bond acceptors (Lipinski definition) is 6. The van der Waals surface area contributed by atoms with Gasteiger partial charge in [-0.3, -0.25) is 4.79 Å². The van der Waals surface area contributed by atoms with Crippen molar-refractivity contribution in [1.82, 2.24) is 0 Å². The van der Waals surface area contributed by atoms with E-state index in [1.54, 1.807) is 6.07 Å². The monoisotopic (exact) mass is 528 g/mol. The number of hydrogen-bond donors (Lipinski definition) is 2. The highest BCUT2D eigenvalue weighted by atomic mass is 19.3. The summed E-state index contributed by atoms with van der Waals surface area (Å²) in [6.07, 6.45) is -7.10. The highest BCUT2D eigenvalue weighted by Gasteiger charge is 2.44. The molecule has 7 nitrogen and oxygen atoms in total. The lowest BCUT2D eigenvalue weighted by Crippen LogP contribution is -2.39. The molecule has 0 radical (unpaired) electrons. The minimum absolute atomic E-state index is 0.143. The van der Waals surface area contributed by atoms with Crippen LogP contribution in [0.2, 0.25) is 0 Å². The van der Waals surface area contributed by atoms with Crippen LogP contribution in [-0.2, 0) is 14.3 Å². The van der Waals surface area contributed by atoms with Crippen LogP contribution >= 0.6 is 0 Å². The molecule has 0 aromatic heterocycles. The van der Waals surface area contributed by atoms with Crippen molar-refractivity contribution in [3.63, 3.8) is 0 Å². The molecule has 204 valence electrons. The van der Waals surface area contributed by atoms with E-state index in [1.165, 1.54) is 25.3 Å². The first-order valence-corrected chi connectivity index (χ1v) is 12.1. The van der Waals surface area contributed by atoms with E-state index < -0.39 is 30.2 Å². The van der Waals surface area contributed by atoms with Gasteiger partial charge in [0.25, 0.3) is 0 Å². The average molecular weight is 529 g/mol. The standard InChI is InChI=1S/C26H32F4N2O5/c1-3-32(20-9-11-36-12-10-20)23-8-7-17(18(16-35-2)14-24(33)34)13-22(23)31-19-5-4-6-21(15-19)37-26(29,30)25(27)28/h4-8,13,15,18,20,25,31H,3,9-12,14,16H2,1-2H3,(H,33,34)/t18-/m1/s1. The van der Waals surface area contributed by atoms with E-state index in [0.29, 0.717) is 31.1 Å². The summed E-state index contributed by atoms with van der Waals surface area (Å²) in [7, 11) is 1.49. The number of halogens is 4. The number of carboxylic acids is 1. The fraction of sp³-hybridized carbons (Fsp3) is 0.500. The van der Waals surface area contributed by atoms with Crippen LogP contribution in [0.25, 0.3) is 0 Å². The molecule has 0 spiro atoms. The van der Waals surface area contributed by atoms with E-state index in [4.69, 9.17) is 9.47 Å². The molecular weight excluding hydrogens is 496 g/mol. The summed E-state index contributed by atoms with van der Waals surface area (Å²) in [5, 5.41) is 12.6. The van der Waals surface area contributed by atoms with Crippen LogP contribution in [0.15, 0.2) is 42.5 Å². The van der Waals surface area contributed by atoms with Crippen LogP contribution in [0, 0.1) is 0 Å². The third-order valence-corrected chi connectivity index (χ3v) is 6.18. The molecule has 2 aromatic rings. The van der Waals surface area contributed by atoms with Gasteiger partial charge in [0.15, 0.2) is 0 Å². The van der Waals surface area contributed by atoms with Crippen molar-refractivity contribution in [3.05, 3.63) is 48.0 Å². The molecule has 1 heterocycles. The Hall–Kier alpha value is -3.05. The molecule has 3 rings (SSSR count). The van der Waals surface area contributed by atoms with Crippen molar-refractivity contribution in [2.24, 2.45) is 0 Å². The van der Waals surface area contributed by atoms with E-state index in [9.17, 15) is 27.5 Å². The van der Waals surface area contributed by atoms with Gasteiger partial charge >= 0.3 is 18.5 Å². The summed E-state index contributed by atoms with van der Waals surface area (Å²) >= 11 is 0. The van der Waals surface area contributed by atoms with Gasteiger partial charge in [0.05, 0.1) is 24.4 Å². The first-order valence-electron chi connectivity index (χ1n) is 12.1. The van der Waals surface area contributed by atoms with Crippen molar-refractivity contribution in [1.29, 1.82) is 0 Å². The quantitative estimate of drug-likeness (QED) is 0.315. The molecule has 2 N–H and O–H groups in total. The maximum atomic E-state index is 13.5. The number of aliphatic carboxylic acids is 1. The van der Waals surface area contributed by atoms with Crippen molar-refractivity contribution >= 4 is 23.0 Å². The molecule has 1 saturated heterocycles. The van der Waals surface area contributed by atoms with Gasteiger partial charge in [0.1, 0.15) is 5.75 Å². The second-order valence-electron chi connectivity index (χ2n) is 8.77. The largest absolute Gasteiger partial charge is 0.481 e. The number of nitrogens with zero attached hydrogens (tertiary/aromatic N) is 1. The second-order valence-corrected chi connectivity index (χ2v) is 8.77. The first kappa shape index (κ1) is 28.5. The molecule has 0 bridgehead atoms. The third kappa shape index (κ3) is 7.72. The predicted molar refractivity (Wildman–Crippen MR) is 131 cm³/mol. The Morgan fingerprint density at radius 3 is 2.57 bits per heavy atom. The zero-order chi connectivity index (χ0) is 27.0. The Kier molecular flexibility index (Phi) is 9.99. The number of rotatable bonds is 13. The summed E-state index contributed by atoms with van der Waals surface area (Å²) in [6.45, 7) is 4.16. The van der Waals surface area contributed by atoms with Gasteiger partial charge in [-0.2, -0.15) is 17.6 Å². The van der Waals surface area contributed by atoms with Crippen LogP contribution in [-0.4, -0.2) is 63.1 Å². The molecule has 1 aliphatic heterocycles. The second kappa shape index (κ2) is 13.0. The average Bonchev–Trinajstić information content (AvgIpc) is 2.85. The van der Waals surface area contributed by atoms with E-state index in [2.05, 4.69) is 15.0 Å². The number of methoxy groups -OCH3 is 1. The minimum Gasteiger partial charge on any atom is -0.481 e.